The molecule has 0 aromatic rings. The molecule has 5 unspecified atom stereocenters. The van der Waals surface area contributed by atoms with Gasteiger partial charge in [0.25, 0.3) is 10.1 Å². The van der Waals surface area contributed by atoms with E-state index in [0.717, 1.165) is 19.3 Å². The van der Waals surface area contributed by atoms with Crippen molar-refractivity contribution in [2.45, 2.75) is 36.7 Å². The molecule has 4 rings (SSSR count). The Bertz CT molecular complexity index is 368. The first kappa shape index (κ1) is 10.7. The van der Waals surface area contributed by atoms with E-state index >= 15 is 0 Å². The summed E-state index contributed by atoms with van der Waals surface area (Å²) >= 11 is 2.15. The number of alkyl halides is 1. The van der Waals surface area contributed by atoms with Crippen LogP contribution in [0.15, 0.2) is 0 Å². The average Bonchev–Trinajstić information content (AvgIpc) is 2.42. The molecule has 4 aliphatic rings. The van der Waals surface area contributed by atoms with Crippen molar-refractivity contribution in [3.8, 4) is 0 Å². The van der Waals surface area contributed by atoms with E-state index in [2.05, 4.69) is 22.6 Å². The zero-order valence-electron chi connectivity index (χ0n) is 8.13. The second-order valence-electron chi connectivity index (χ2n) is 4.57. The molecule has 4 bridgehead atoms. The Morgan fingerprint density at radius 3 is 2.93 bits per heavy atom. The predicted molar refractivity (Wildman–Crippen MR) is 62.2 cm³/mol. The maximum absolute atomic E-state index is 11.7. The van der Waals surface area contributed by atoms with Gasteiger partial charge in [0, 0.05) is 5.92 Å². The van der Waals surface area contributed by atoms with Gasteiger partial charge in [-0.05, 0) is 25.2 Å². The predicted octanol–water partition coefficient (Wildman–Crippen LogP) is 1.29. The van der Waals surface area contributed by atoms with Crippen molar-refractivity contribution in [3.63, 3.8) is 0 Å². The van der Waals surface area contributed by atoms with E-state index in [4.69, 9.17) is 8.92 Å². The van der Waals surface area contributed by atoms with Gasteiger partial charge >= 0.3 is 0 Å². The molecule has 5 atom stereocenters. The van der Waals surface area contributed by atoms with Gasteiger partial charge in [0.2, 0.25) is 0 Å². The fourth-order valence-corrected chi connectivity index (χ4v) is 5.68. The molecule has 0 amide bonds. The maximum atomic E-state index is 11.7. The summed E-state index contributed by atoms with van der Waals surface area (Å²) in [6, 6.07) is 0. The normalized spacial score (nSPS) is 50.9. The Balaban J connectivity index is 1.94. The monoisotopic (exact) mass is 344 g/mol. The molecule has 6 heteroatoms. The Morgan fingerprint density at radius 2 is 2.20 bits per heavy atom. The highest BCUT2D eigenvalue weighted by Crippen LogP contribution is 2.52. The van der Waals surface area contributed by atoms with E-state index in [9.17, 15) is 8.42 Å². The molecule has 0 radical (unpaired) electrons. The van der Waals surface area contributed by atoms with Gasteiger partial charge in [-0.15, -0.1) is 0 Å². The van der Waals surface area contributed by atoms with Crippen LogP contribution >= 0.6 is 22.6 Å². The number of rotatable bonds is 2. The number of hydrogen-bond donors (Lipinski definition) is 0. The summed E-state index contributed by atoms with van der Waals surface area (Å²) in [6.45, 7) is 0. The lowest BCUT2D eigenvalue weighted by Crippen LogP contribution is -2.51. The smallest absolute Gasteiger partial charge is 0.270 e. The Kier molecular flexibility index (Phi) is 2.54. The van der Waals surface area contributed by atoms with Crippen molar-refractivity contribution in [1.29, 1.82) is 0 Å². The van der Waals surface area contributed by atoms with E-state index in [0.29, 0.717) is 10.5 Å². The van der Waals surface area contributed by atoms with Gasteiger partial charge in [-0.1, -0.05) is 22.6 Å². The molecule has 3 aliphatic carbocycles. The summed E-state index contributed by atoms with van der Waals surface area (Å²) in [4.78, 5) is 0. The molecular weight excluding hydrogens is 331 g/mol. The molecule has 4 nitrogen and oxygen atoms in total. The van der Waals surface area contributed by atoms with Crippen LogP contribution in [0.2, 0.25) is 0 Å². The number of hydrogen-bond acceptors (Lipinski definition) is 4. The molecule has 86 valence electrons. The highest BCUT2D eigenvalue weighted by molar-refractivity contribution is 14.1. The number of halogens is 1. The van der Waals surface area contributed by atoms with Crippen molar-refractivity contribution >= 4 is 32.7 Å². The standard InChI is InChI=1S/C9H13IO4S/c10-4-13-8-5-1-2-6-7(3-5)15(11,12)14-9(6)8/h5-9H,1-4H2. The second kappa shape index (κ2) is 3.54. The minimum absolute atomic E-state index is 0.00850. The van der Waals surface area contributed by atoms with E-state index in [1.54, 1.807) is 0 Å². The first-order valence-electron chi connectivity index (χ1n) is 5.23. The average molecular weight is 344 g/mol. The zero-order chi connectivity index (χ0) is 10.6. The molecule has 1 aliphatic heterocycles. The quantitative estimate of drug-likeness (QED) is 0.430. The molecule has 1 saturated heterocycles. The second-order valence-corrected chi connectivity index (χ2v) is 6.98. The van der Waals surface area contributed by atoms with E-state index in [1.165, 1.54) is 0 Å². The Hall–Kier alpha value is 0.600. The fraction of sp³-hybridized carbons (Fsp3) is 1.00. The highest BCUT2D eigenvalue weighted by atomic mass is 127. The lowest BCUT2D eigenvalue weighted by atomic mass is 9.67. The van der Waals surface area contributed by atoms with Crippen molar-refractivity contribution in [3.05, 3.63) is 0 Å². The first-order chi connectivity index (χ1) is 7.13. The molecule has 1 heterocycles. The molecule has 15 heavy (non-hydrogen) atoms. The summed E-state index contributed by atoms with van der Waals surface area (Å²) in [6.07, 6.45) is 2.64. The topological polar surface area (TPSA) is 52.6 Å². The van der Waals surface area contributed by atoms with Crippen LogP contribution in [0.3, 0.4) is 0 Å². The van der Waals surface area contributed by atoms with Crippen LogP contribution in [-0.2, 0) is 19.0 Å². The molecule has 4 fully saturated rings. The van der Waals surface area contributed by atoms with Gasteiger partial charge in [0.15, 0.2) is 0 Å². The molecule has 0 N–H and O–H groups in total. The number of fused-ring (bicyclic) bond motifs is 1. The fourth-order valence-electron chi connectivity index (χ4n) is 3.36. The van der Waals surface area contributed by atoms with Crippen LogP contribution < -0.4 is 0 Å². The third-order valence-corrected chi connectivity index (χ3v) is 6.10. The molecule has 0 aromatic carbocycles. The molecule has 0 aromatic heterocycles. The van der Waals surface area contributed by atoms with Gasteiger partial charge in [-0.3, -0.25) is 4.18 Å². The van der Waals surface area contributed by atoms with Crippen LogP contribution in [0, 0.1) is 11.8 Å². The lowest BCUT2D eigenvalue weighted by molar-refractivity contribution is -0.0928. The van der Waals surface area contributed by atoms with Gasteiger partial charge in [0.05, 0.1) is 16.0 Å². The summed E-state index contributed by atoms with van der Waals surface area (Å²) < 4.78 is 34.9. The van der Waals surface area contributed by atoms with Crippen LogP contribution in [0.25, 0.3) is 0 Å². The minimum atomic E-state index is -3.29. The van der Waals surface area contributed by atoms with E-state index in [1.807, 2.05) is 0 Å². The molecule has 3 saturated carbocycles. The van der Waals surface area contributed by atoms with E-state index in [-0.39, 0.29) is 23.4 Å². The van der Waals surface area contributed by atoms with Gasteiger partial charge in [-0.25, -0.2) is 0 Å². The van der Waals surface area contributed by atoms with E-state index < -0.39 is 10.1 Å². The Labute approximate surface area is 103 Å². The molecular formula is C9H13IO4S. The van der Waals surface area contributed by atoms with Gasteiger partial charge < -0.3 is 4.74 Å². The lowest BCUT2D eigenvalue weighted by Gasteiger charge is -2.43. The summed E-state index contributed by atoms with van der Waals surface area (Å²) in [5, 5.41) is -0.240. The summed E-state index contributed by atoms with van der Waals surface area (Å²) in [7, 11) is -3.29. The van der Waals surface area contributed by atoms with Crippen molar-refractivity contribution in [2.24, 2.45) is 11.8 Å². The van der Waals surface area contributed by atoms with Gasteiger partial charge in [0.1, 0.15) is 6.10 Å². The summed E-state index contributed by atoms with van der Waals surface area (Å²) in [5.41, 5.74) is 0. The van der Waals surface area contributed by atoms with Crippen molar-refractivity contribution in [1.82, 2.24) is 0 Å². The van der Waals surface area contributed by atoms with Crippen LogP contribution in [0.4, 0.5) is 0 Å². The summed E-state index contributed by atoms with van der Waals surface area (Å²) in [5.74, 6) is 0.574. The Morgan fingerprint density at radius 1 is 1.40 bits per heavy atom. The van der Waals surface area contributed by atoms with Crippen LogP contribution in [0.1, 0.15) is 19.3 Å². The van der Waals surface area contributed by atoms with Crippen molar-refractivity contribution in [2.75, 3.05) is 4.61 Å². The van der Waals surface area contributed by atoms with Crippen molar-refractivity contribution < 1.29 is 17.3 Å². The molecule has 0 spiro atoms. The first-order valence-corrected chi connectivity index (χ1v) is 8.23. The van der Waals surface area contributed by atoms with Crippen LogP contribution in [-0.4, -0.2) is 30.5 Å². The minimum Gasteiger partial charge on any atom is -0.365 e. The third-order valence-electron chi connectivity index (χ3n) is 3.97. The van der Waals surface area contributed by atoms with Crippen LogP contribution in [0.5, 0.6) is 0 Å². The van der Waals surface area contributed by atoms with Gasteiger partial charge in [-0.2, -0.15) is 8.42 Å². The third kappa shape index (κ3) is 1.48. The SMILES string of the molecule is O=S1(=O)OC2C3CCC(CC31)C2OCI. The highest BCUT2D eigenvalue weighted by Gasteiger charge is 2.60. The number of ether oxygens (including phenoxy) is 1. The largest absolute Gasteiger partial charge is 0.365 e. The maximum Gasteiger partial charge on any atom is 0.270 e. The zero-order valence-corrected chi connectivity index (χ0v) is 11.1.